The van der Waals surface area contributed by atoms with Crippen molar-refractivity contribution in [1.29, 1.82) is 0 Å². The van der Waals surface area contributed by atoms with Crippen LogP contribution in [0.4, 0.5) is 0 Å². The zero-order valence-corrected chi connectivity index (χ0v) is 10.6. The summed E-state index contributed by atoms with van der Waals surface area (Å²) >= 11 is 0. The van der Waals surface area contributed by atoms with Gasteiger partial charge in [0.15, 0.2) is 0 Å². The molecule has 1 aliphatic heterocycles. The van der Waals surface area contributed by atoms with Gasteiger partial charge in [-0.3, -0.25) is 4.68 Å². The van der Waals surface area contributed by atoms with E-state index in [9.17, 15) is 0 Å². The lowest BCUT2D eigenvalue weighted by Gasteiger charge is -2.31. The minimum absolute atomic E-state index is 0.0750. The Balaban J connectivity index is 1.94. The average Bonchev–Trinajstić information content (AvgIpc) is 2.84. The number of fused-ring (bicyclic) bond motifs is 1. The fourth-order valence-corrected chi connectivity index (χ4v) is 2.50. The Morgan fingerprint density at radius 2 is 2.22 bits per heavy atom. The summed E-state index contributed by atoms with van der Waals surface area (Å²) < 4.78 is 7.88. The number of hydrogen-bond acceptors (Lipinski definition) is 3. The average molecular weight is 243 g/mol. The predicted octanol–water partition coefficient (Wildman–Crippen LogP) is 2.20. The molecule has 0 radical (unpaired) electrons. The molecule has 0 amide bonds. The fraction of sp³-hybridized carbons (Fsp3) is 0.357. The largest absolute Gasteiger partial charge is 0.485 e. The van der Waals surface area contributed by atoms with Crippen LogP contribution in [0.2, 0.25) is 0 Å². The lowest BCUT2D eigenvalue weighted by Crippen LogP contribution is -2.26. The quantitative estimate of drug-likeness (QED) is 0.879. The normalized spacial score (nSPS) is 22.3. The standard InChI is InChI=1S/C14H17N3O/c1-15-12-7-14(10-8-16-17(2)9-10)18-13-6-4-3-5-11(12)13/h3-6,8-9,12,14-15H,7H2,1-2H3. The van der Waals surface area contributed by atoms with Gasteiger partial charge >= 0.3 is 0 Å². The Hall–Kier alpha value is -1.81. The Kier molecular flexibility index (Phi) is 2.80. The molecule has 1 N–H and O–H groups in total. The highest BCUT2D eigenvalue weighted by Gasteiger charge is 2.28. The third kappa shape index (κ3) is 1.88. The molecule has 0 fully saturated rings. The van der Waals surface area contributed by atoms with Gasteiger partial charge in [-0.15, -0.1) is 0 Å². The van der Waals surface area contributed by atoms with Crippen LogP contribution in [0, 0.1) is 0 Å². The number of aromatic nitrogens is 2. The van der Waals surface area contributed by atoms with Gasteiger partial charge in [0.2, 0.25) is 0 Å². The number of nitrogens with one attached hydrogen (secondary N) is 1. The van der Waals surface area contributed by atoms with Crippen LogP contribution in [0.15, 0.2) is 36.7 Å². The van der Waals surface area contributed by atoms with E-state index in [1.807, 2.05) is 43.3 Å². The highest BCUT2D eigenvalue weighted by atomic mass is 16.5. The maximum atomic E-state index is 6.07. The summed E-state index contributed by atoms with van der Waals surface area (Å²) in [6.07, 6.45) is 4.90. The molecule has 4 heteroatoms. The van der Waals surface area contributed by atoms with Gasteiger partial charge in [0.05, 0.1) is 6.20 Å². The minimum atomic E-state index is 0.0750. The number of para-hydroxylation sites is 1. The van der Waals surface area contributed by atoms with Crippen LogP contribution in [0.1, 0.15) is 29.7 Å². The molecule has 2 aromatic rings. The van der Waals surface area contributed by atoms with Gasteiger partial charge in [-0.2, -0.15) is 5.10 Å². The van der Waals surface area contributed by atoms with Gasteiger partial charge in [0, 0.05) is 36.8 Å². The Bertz CT molecular complexity index is 549. The third-order valence-corrected chi connectivity index (χ3v) is 3.46. The second-order valence-corrected chi connectivity index (χ2v) is 4.67. The molecule has 0 saturated heterocycles. The van der Waals surface area contributed by atoms with Crippen LogP contribution >= 0.6 is 0 Å². The van der Waals surface area contributed by atoms with E-state index >= 15 is 0 Å². The number of nitrogens with zero attached hydrogens (tertiary/aromatic N) is 2. The molecular formula is C14H17N3O. The van der Waals surface area contributed by atoms with Crippen molar-refractivity contribution in [2.75, 3.05) is 7.05 Å². The molecule has 0 spiro atoms. The third-order valence-electron chi connectivity index (χ3n) is 3.46. The zero-order chi connectivity index (χ0) is 12.5. The molecular weight excluding hydrogens is 226 g/mol. The summed E-state index contributed by atoms with van der Waals surface area (Å²) in [5.41, 5.74) is 2.37. The zero-order valence-electron chi connectivity index (χ0n) is 10.6. The van der Waals surface area contributed by atoms with Gasteiger partial charge in [-0.1, -0.05) is 18.2 Å². The van der Waals surface area contributed by atoms with Gasteiger partial charge in [0.1, 0.15) is 11.9 Å². The van der Waals surface area contributed by atoms with E-state index in [4.69, 9.17) is 4.74 Å². The lowest BCUT2D eigenvalue weighted by atomic mass is 9.94. The highest BCUT2D eigenvalue weighted by molar-refractivity contribution is 5.38. The molecule has 94 valence electrons. The van der Waals surface area contributed by atoms with E-state index in [2.05, 4.69) is 22.5 Å². The monoisotopic (exact) mass is 243 g/mol. The minimum Gasteiger partial charge on any atom is -0.485 e. The molecule has 1 aromatic carbocycles. The second-order valence-electron chi connectivity index (χ2n) is 4.67. The summed E-state index contributed by atoms with van der Waals surface area (Å²) in [5.74, 6) is 0.969. The topological polar surface area (TPSA) is 39.1 Å². The molecule has 1 aliphatic rings. The first-order chi connectivity index (χ1) is 8.78. The second kappa shape index (κ2) is 4.46. The van der Waals surface area contributed by atoms with Crippen LogP contribution in [0.3, 0.4) is 0 Å². The van der Waals surface area contributed by atoms with Crippen LogP contribution in [-0.2, 0) is 7.05 Å². The number of hydrogen-bond donors (Lipinski definition) is 1. The molecule has 1 aromatic heterocycles. The maximum absolute atomic E-state index is 6.07. The van der Waals surface area contributed by atoms with Gasteiger partial charge < -0.3 is 10.1 Å². The summed E-state index contributed by atoms with van der Waals surface area (Å²) in [6, 6.07) is 8.55. The van der Waals surface area contributed by atoms with Gasteiger partial charge in [0.25, 0.3) is 0 Å². The first kappa shape index (κ1) is 11.3. The van der Waals surface area contributed by atoms with Crippen molar-refractivity contribution < 1.29 is 4.74 Å². The Labute approximate surface area is 107 Å². The molecule has 2 heterocycles. The van der Waals surface area contributed by atoms with Crippen LogP contribution in [-0.4, -0.2) is 16.8 Å². The molecule has 0 bridgehead atoms. The highest BCUT2D eigenvalue weighted by Crippen LogP contribution is 2.40. The van der Waals surface area contributed by atoms with Gasteiger partial charge in [-0.05, 0) is 13.1 Å². The van der Waals surface area contributed by atoms with E-state index in [1.54, 1.807) is 0 Å². The van der Waals surface area contributed by atoms with E-state index in [0.29, 0.717) is 6.04 Å². The van der Waals surface area contributed by atoms with E-state index in [0.717, 1.165) is 17.7 Å². The Morgan fingerprint density at radius 1 is 1.39 bits per heavy atom. The number of benzene rings is 1. The van der Waals surface area contributed by atoms with Crippen molar-refractivity contribution in [1.82, 2.24) is 15.1 Å². The summed E-state index contributed by atoms with van der Waals surface area (Å²) in [6.45, 7) is 0. The van der Waals surface area contributed by atoms with E-state index < -0.39 is 0 Å². The summed E-state index contributed by atoms with van der Waals surface area (Å²) in [7, 11) is 3.92. The Morgan fingerprint density at radius 3 is 2.94 bits per heavy atom. The van der Waals surface area contributed by atoms with Crippen LogP contribution in [0.25, 0.3) is 0 Å². The SMILES string of the molecule is CNC1CC(c2cnn(C)c2)Oc2ccccc21. The van der Waals surface area contributed by atoms with Gasteiger partial charge in [-0.25, -0.2) is 0 Å². The first-order valence-electron chi connectivity index (χ1n) is 6.19. The smallest absolute Gasteiger partial charge is 0.129 e. The van der Waals surface area contributed by atoms with Crippen molar-refractivity contribution in [2.45, 2.75) is 18.6 Å². The van der Waals surface area contributed by atoms with E-state index in [1.165, 1.54) is 5.56 Å². The number of rotatable bonds is 2. The summed E-state index contributed by atoms with van der Waals surface area (Å²) in [4.78, 5) is 0. The summed E-state index contributed by atoms with van der Waals surface area (Å²) in [5, 5.41) is 7.57. The number of ether oxygens (including phenoxy) is 1. The molecule has 3 rings (SSSR count). The molecule has 2 atom stereocenters. The van der Waals surface area contributed by atoms with Crippen LogP contribution < -0.4 is 10.1 Å². The van der Waals surface area contributed by atoms with Crippen molar-refractivity contribution in [3.8, 4) is 5.75 Å². The van der Waals surface area contributed by atoms with E-state index in [-0.39, 0.29) is 6.10 Å². The molecule has 0 saturated carbocycles. The molecule has 4 nitrogen and oxygen atoms in total. The molecule has 18 heavy (non-hydrogen) atoms. The lowest BCUT2D eigenvalue weighted by molar-refractivity contribution is 0.154. The van der Waals surface area contributed by atoms with Crippen molar-refractivity contribution in [3.63, 3.8) is 0 Å². The predicted molar refractivity (Wildman–Crippen MR) is 69.4 cm³/mol. The molecule has 0 aliphatic carbocycles. The fourth-order valence-electron chi connectivity index (χ4n) is 2.50. The maximum Gasteiger partial charge on any atom is 0.129 e. The first-order valence-corrected chi connectivity index (χ1v) is 6.19. The van der Waals surface area contributed by atoms with Crippen molar-refractivity contribution in [3.05, 3.63) is 47.8 Å². The van der Waals surface area contributed by atoms with Crippen molar-refractivity contribution in [2.24, 2.45) is 7.05 Å². The van der Waals surface area contributed by atoms with Crippen LogP contribution in [0.5, 0.6) is 5.75 Å². The molecule has 2 unspecified atom stereocenters. The number of aryl methyl sites for hydroxylation is 1. The van der Waals surface area contributed by atoms with Crippen molar-refractivity contribution >= 4 is 0 Å².